The number of allylic oxidation sites excluding steroid dienone is 9. The molecular weight excluding hydrogens is 338 g/mol. The minimum absolute atomic E-state index is 0.0824. The summed E-state index contributed by atoms with van der Waals surface area (Å²) in [6, 6.07) is 8.64. The first kappa shape index (κ1) is 20.2. The average Bonchev–Trinajstić information content (AvgIpc) is 3.13. The second-order valence-corrected chi connectivity index (χ2v) is 8.27. The van der Waals surface area contributed by atoms with Gasteiger partial charge in [-0.15, -0.1) is 0 Å². The van der Waals surface area contributed by atoms with Crippen molar-refractivity contribution in [2.75, 3.05) is 0 Å². The van der Waals surface area contributed by atoms with E-state index in [2.05, 4.69) is 107 Å². The number of H-pyrrole nitrogens is 1. The Hall–Kier alpha value is -2.54. The Morgan fingerprint density at radius 1 is 1.25 bits per heavy atom. The summed E-state index contributed by atoms with van der Waals surface area (Å²) < 4.78 is 0. The van der Waals surface area contributed by atoms with Crippen LogP contribution < -0.4 is 0 Å². The van der Waals surface area contributed by atoms with Crippen molar-refractivity contribution >= 4 is 16.3 Å². The van der Waals surface area contributed by atoms with Gasteiger partial charge in [0.15, 0.2) is 0 Å². The van der Waals surface area contributed by atoms with Crippen LogP contribution in [0, 0.1) is 17.3 Å². The lowest BCUT2D eigenvalue weighted by Crippen LogP contribution is -2.33. The molecule has 146 valence electrons. The normalized spacial score (nSPS) is 20.4. The van der Waals surface area contributed by atoms with Crippen LogP contribution in [0.2, 0.25) is 0 Å². The number of hydrogen-bond acceptors (Lipinski definition) is 0. The highest BCUT2D eigenvalue weighted by Gasteiger charge is 2.38. The molecule has 0 aliphatic heterocycles. The predicted molar refractivity (Wildman–Crippen MR) is 124 cm³/mol. The van der Waals surface area contributed by atoms with Gasteiger partial charge in [-0.1, -0.05) is 82.0 Å². The van der Waals surface area contributed by atoms with E-state index in [1.807, 2.05) is 6.08 Å². The standard InChI is InChI=1S/C27H33N/c1-7-16-27(6,19(4)5)25-15-14-21(20(8-2)9-3)17-24(25)26-23-13-11-10-12-22(23)18-28-26/h7-14,16-19,25,28H,2,15H2,1,3-6H3/b16-7?,20-9+. The van der Waals surface area contributed by atoms with Crippen molar-refractivity contribution in [1.82, 2.24) is 4.98 Å². The lowest BCUT2D eigenvalue weighted by atomic mass is 9.62. The van der Waals surface area contributed by atoms with E-state index in [0.29, 0.717) is 11.8 Å². The molecule has 1 aliphatic rings. The zero-order valence-corrected chi connectivity index (χ0v) is 17.9. The number of fused-ring (bicyclic) bond motifs is 1. The number of aromatic nitrogens is 1. The van der Waals surface area contributed by atoms with Gasteiger partial charge >= 0.3 is 0 Å². The highest BCUT2D eigenvalue weighted by molar-refractivity contribution is 5.94. The van der Waals surface area contributed by atoms with Crippen LogP contribution in [0.5, 0.6) is 0 Å². The molecule has 3 rings (SSSR count). The van der Waals surface area contributed by atoms with E-state index in [-0.39, 0.29) is 5.41 Å². The Morgan fingerprint density at radius 2 is 2.00 bits per heavy atom. The summed E-state index contributed by atoms with van der Waals surface area (Å²) in [6.07, 6.45) is 16.7. The van der Waals surface area contributed by atoms with Gasteiger partial charge in [-0.2, -0.15) is 0 Å². The van der Waals surface area contributed by atoms with Crippen molar-refractivity contribution in [1.29, 1.82) is 0 Å². The van der Waals surface area contributed by atoms with Crippen LogP contribution in [0.3, 0.4) is 0 Å². The first-order chi connectivity index (χ1) is 13.5. The zero-order valence-electron chi connectivity index (χ0n) is 17.9. The van der Waals surface area contributed by atoms with E-state index in [4.69, 9.17) is 0 Å². The Morgan fingerprint density at radius 3 is 2.64 bits per heavy atom. The lowest BCUT2D eigenvalue weighted by Gasteiger charge is -2.41. The second-order valence-electron chi connectivity index (χ2n) is 8.27. The van der Waals surface area contributed by atoms with Gasteiger partial charge in [-0.3, -0.25) is 0 Å². The number of aromatic amines is 1. The maximum absolute atomic E-state index is 4.01. The molecule has 0 saturated carbocycles. The van der Waals surface area contributed by atoms with Crippen molar-refractivity contribution in [3.05, 3.63) is 90.3 Å². The molecule has 2 aromatic rings. The van der Waals surface area contributed by atoms with Gasteiger partial charge in [0.05, 0.1) is 0 Å². The SMILES string of the molecule is C=C/C(=C\C)C1=CCC(C(C)(C=CC)C(C)C)C(c2[nH]cc3ccccc23)=C1. The highest BCUT2D eigenvalue weighted by atomic mass is 14.7. The molecule has 1 aliphatic carbocycles. The Balaban J connectivity index is 2.22. The molecule has 1 aromatic carbocycles. The molecule has 1 nitrogen and oxygen atoms in total. The minimum Gasteiger partial charge on any atom is -0.360 e. The highest BCUT2D eigenvalue weighted by Crippen LogP contribution is 2.49. The first-order valence-corrected chi connectivity index (χ1v) is 10.4. The molecule has 0 bridgehead atoms. The molecule has 1 aromatic heterocycles. The van der Waals surface area contributed by atoms with E-state index in [9.17, 15) is 0 Å². The van der Waals surface area contributed by atoms with Crippen LogP contribution in [0.1, 0.15) is 46.7 Å². The van der Waals surface area contributed by atoms with Crippen LogP contribution in [0.15, 0.2) is 84.6 Å². The first-order valence-electron chi connectivity index (χ1n) is 10.4. The third-order valence-electron chi connectivity index (χ3n) is 6.54. The van der Waals surface area contributed by atoms with Crippen LogP contribution in [-0.2, 0) is 0 Å². The van der Waals surface area contributed by atoms with Crippen molar-refractivity contribution in [2.24, 2.45) is 17.3 Å². The van der Waals surface area contributed by atoms with Gasteiger partial charge in [0.2, 0.25) is 0 Å². The molecule has 2 atom stereocenters. The fraction of sp³-hybridized carbons (Fsp3) is 0.333. The maximum atomic E-state index is 4.01. The number of hydrogen-bond donors (Lipinski definition) is 1. The molecule has 0 spiro atoms. The van der Waals surface area contributed by atoms with Crippen LogP contribution in [0.25, 0.3) is 16.3 Å². The maximum Gasteiger partial charge on any atom is 0.0496 e. The zero-order chi connectivity index (χ0) is 20.3. The molecule has 28 heavy (non-hydrogen) atoms. The molecular formula is C27H33N. The number of rotatable bonds is 6. The van der Waals surface area contributed by atoms with Crippen LogP contribution in [0.4, 0.5) is 0 Å². The van der Waals surface area contributed by atoms with Gasteiger partial charge < -0.3 is 4.98 Å². The van der Waals surface area contributed by atoms with Gasteiger partial charge in [0, 0.05) is 17.3 Å². The van der Waals surface area contributed by atoms with Crippen LogP contribution in [-0.4, -0.2) is 4.98 Å². The molecule has 1 N–H and O–H groups in total. The van der Waals surface area contributed by atoms with E-state index in [0.717, 1.165) is 6.42 Å². The average molecular weight is 372 g/mol. The molecule has 0 amide bonds. The molecule has 0 radical (unpaired) electrons. The van der Waals surface area contributed by atoms with Crippen molar-refractivity contribution < 1.29 is 0 Å². The summed E-state index contributed by atoms with van der Waals surface area (Å²) in [7, 11) is 0. The summed E-state index contributed by atoms with van der Waals surface area (Å²) >= 11 is 0. The third kappa shape index (κ3) is 3.46. The number of benzene rings is 1. The smallest absolute Gasteiger partial charge is 0.0496 e. The molecule has 0 saturated heterocycles. The topological polar surface area (TPSA) is 15.8 Å². The molecule has 0 fully saturated rings. The van der Waals surface area contributed by atoms with E-state index >= 15 is 0 Å². The third-order valence-corrected chi connectivity index (χ3v) is 6.54. The summed E-state index contributed by atoms with van der Waals surface area (Å²) in [5, 5.41) is 2.56. The Bertz CT molecular complexity index is 977. The van der Waals surface area contributed by atoms with Gasteiger partial charge in [-0.05, 0) is 65.7 Å². The lowest BCUT2D eigenvalue weighted by molar-refractivity contribution is 0.221. The Labute approximate surface area is 170 Å². The van der Waals surface area contributed by atoms with Crippen molar-refractivity contribution in [3.63, 3.8) is 0 Å². The monoisotopic (exact) mass is 371 g/mol. The van der Waals surface area contributed by atoms with Crippen LogP contribution >= 0.6 is 0 Å². The van der Waals surface area contributed by atoms with Gasteiger partial charge in [0.25, 0.3) is 0 Å². The summed E-state index contributed by atoms with van der Waals surface area (Å²) in [5.74, 6) is 0.950. The van der Waals surface area contributed by atoms with Crippen molar-refractivity contribution in [3.8, 4) is 0 Å². The van der Waals surface area contributed by atoms with E-state index < -0.39 is 0 Å². The second kappa shape index (κ2) is 8.22. The summed E-state index contributed by atoms with van der Waals surface area (Å²) in [6.45, 7) is 15.3. The summed E-state index contributed by atoms with van der Waals surface area (Å²) in [4.78, 5) is 3.60. The molecule has 1 heterocycles. The quantitative estimate of drug-likeness (QED) is 0.393. The minimum atomic E-state index is 0.0824. The summed E-state index contributed by atoms with van der Waals surface area (Å²) in [5.41, 5.74) is 5.20. The molecule has 1 heteroatoms. The van der Waals surface area contributed by atoms with E-state index in [1.54, 1.807) is 0 Å². The predicted octanol–water partition coefficient (Wildman–Crippen LogP) is 7.87. The van der Waals surface area contributed by atoms with Gasteiger partial charge in [0.1, 0.15) is 0 Å². The molecule has 2 unspecified atom stereocenters. The fourth-order valence-electron chi connectivity index (χ4n) is 4.52. The fourth-order valence-corrected chi connectivity index (χ4v) is 4.52. The van der Waals surface area contributed by atoms with E-state index in [1.165, 1.54) is 33.2 Å². The Kier molecular flexibility index (Phi) is 5.93. The van der Waals surface area contributed by atoms with Gasteiger partial charge in [-0.25, -0.2) is 0 Å². The largest absolute Gasteiger partial charge is 0.360 e. The van der Waals surface area contributed by atoms with Crippen molar-refractivity contribution in [2.45, 2.75) is 41.0 Å². The number of nitrogens with one attached hydrogen (secondary N) is 1.